The molecule has 4 nitrogen and oxygen atoms in total. The molecule has 1 aliphatic rings. The van der Waals surface area contributed by atoms with E-state index in [2.05, 4.69) is 24.8 Å². The van der Waals surface area contributed by atoms with E-state index in [9.17, 15) is 8.42 Å². The highest BCUT2D eigenvalue weighted by atomic mass is 35.5. The highest BCUT2D eigenvalue weighted by Gasteiger charge is 2.32. The van der Waals surface area contributed by atoms with Crippen molar-refractivity contribution in [2.45, 2.75) is 66.2 Å². The number of sulfonamides is 1. The molecule has 2 rings (SSSR count). The number of allylic oxidation sites excluding steroid dienone is 6. The molecule has 0 aromatic heterocycles. The van der Waals surface area contributed by atoms with Crippen LogP contribution < -0.4 is 0 Å². The number of nitrogens with zero attached hydrogens (tertiary/aromatic N) is 1. The van der Waals surface area contributed by atoms with Gasteiger partial charge in [-0.1, -0.05) is 88.4 Å². The third kappa shape index (κ3) is 11.7. The number of benzene rings is 1. The topological polar surface area (TPSA) is 57.6 Å². The second kappa shape index (κ2) is 18.6. The van der Waals surface area contributed by atoms with Crippen LogP contribution in [0.3, 0.4) is 0 Å². The van der Waals surface area contributed by atoms with Crippen molar-refractivity contribution in [1.29, 1.82) is 0 Å². The summed E-state index contributed by atoms with van der Waals surface area (Å²) < 4.78 is 25.5. The van der Waals surface area contributed by atoms with Gasteiger partial charge in [-0.3, -0.25) is 0 Å². The number of aliphatic hydroxyl groups excluding tert-OH is 1. The van der Waals surface area contributed by atoms with Gasteiger partial charge in [0.25, 0.3) is 0 Å². The fourth-order valence-electron chi connectivity index (χ4n) is 4.08. The lowest BCUT2D eigenvalue weighted by atomic mass is 9.75. The number of piperidine rings is 1. The molecule has 1 saturated heterocycles. The number of hydrogen-bond acceptors (Lipinski definition) is 3. The van der Waals surface area contributed by atoms with Crippen LogP contribution in [0.4, 0.5) is 0 Å². The summed E-state index contributed by atoms with van der Waals surface area (Å²) in [7, 11) is -3.17. The molecule has 0 saturated carbocycles. The Hall–Kier alpha value is -1.66. The van der Waals surface area contributed by atoms with Gasteiger partial charge in [-0.15, -0.1) is 0 Å². The Kier molecular flexibility index (Phi) is 17.7. The fraction of sp³-hybridized carbons (Fsp3) is 0.517. The molecular formula is C29H46ClNO3S. The van der Waals surface area contributed by atoms with Gasteiger partial charge >= 0.3 is 0 Å². The molecule has 6 heteroatoms. The first-order valence-corrected chi connectivity index (χ1v) is 15.0. The third-order valence-corrected chi connectivity index (χ3v) is 7.20. The van der Waals surface area contributed by atoms with Gasteiger partial charge in [-0.05, 0) is 67.4 Å². The van der Waals surface area contributed by atoms with E-state index in [-0.39, 0.29) is 18.4 Å². The van der Waals surface area contributed by atoms with Crippen LogP contribution in [-0.2, 0) is 10.0 Å². The lowest BCUT2D eigenvalue weighted by Gasteiger charge is -2.36. The minimum absolute atomic E-state index is 0.0676. The quantitative estimate of drug-likeness (QED) is 0.253. The Morgan fingerprint density at radius 3 is 2.37 bits per heavy atom. The Bertz CT molecular complexity index is 927. The van der Waals surface area contributed by atoms with Crippen molar-refractivity contribution in [2.24, 2.45) is 5.92 Å². The molecule has 0 aliphatic carbocycles. The summed E-state index contributed by atoms with van der Waals surface area (Å²) in [6.07, 6.45) is 16.5. The minimum atomic E-state index is -3.17. The molecule has 1 aromatic carbocycles. The van der Waals surface area contributed by atoms with E-state index in [1.165, 1.54) is 6.26 Å². The van der Waals surface area contributed by atoms with Gasteiger partial charge in [0.1, 0.15) is 0 Å². The van der Waals surface area contributed by atoms with E-state index in [1.807, 2.05) is 71.1 Å². The number of halogens is 1. The van der Waals surface area contributed by atoms with Gasteiger partial charge < -0.3 is 5.11 Å². The summed E-state index contributed by atoms with van der Waals surface area (Å²) in [5.74, 6) is 0.351. The fourth-order valence-corrected chi connectivity index (χ4v) is 5.14. The second-order valence-corrected chi connectivity index (χ2v) is 10.4. The van der Waals surface area contributed by atoms with E-state index in [0.29, 0.717) is 18.1 Å². The predicted octanol–water partition coefficient (Wildman–Crippen LogP) is 7.62. The van der Waals surface area contributed by atoms with E-state index in [4.69, 9.17) is 16.7 Å². The lowest BCUT2D eigenvalue weighted by Crippen LogP contribution is -2.39. The zero-order chi connectivity index (χ0) is 26.9. The maximum atomic E-state index is 12.0. The van der Waals surface area contributed by atoms with Crippen LogP contribution in [0.2, 0.25) is 5.02 Å². The normalized spacial score (nSPS) is 16.1. The predicted molar refractivity (Wildman–Crippen MR) is 154 cm³/mol. The Balaban J connectivity index is 0.00000274. The first kappa shape index (κ1) is 33.3. The summed E-state index contributed by atoms with van der Waals surface area (Å²) in [6, 6.07) is 5.94. The van der Waals surface area contributed by atoms with Crippen LogP contribution in [0.25, 0.3) is 6.08 Å². The van der Waals surface area contributed by atoms with Crippen LogP contribution in [0.5, 0.6) is 0 Å². The smallest absolute Gasteiger partial charge is 0.211 e. The standard InChI is InChI=1S/C25H34ClNO3S.2C2H6/c1-4-5-7-10-20(2)25(21-14-16-27(17-15-21)31(3,29)30)24-13-12-23(26)19-22(24)11-8-6-9-18-28;2*1-2/h4-5,7-8,10-13,19,21,25,28H,2,6,9,14-18H2,1,3H3;2*1-2H3/b5-4-,10-7-,11-8+;;. The van der Waals surface area contributed by atoms with Gasteiger partial charge in [-0.25, -0.2) is 12.7 Å². The summed E-state index contributed by atoms with van der Waals surface area (Å²) in [5, 5.41) is 9.72. The maximum absolute atomic E-state index is 12.0. The molecule has 198 valence electrons. The molecule has 1 fully saturated rings. The molecular weight excluding hydrogens is 478 g/mol. The first-order chi connectivity index (χ1) is 16.8. The molecule has 35 heavy (non-hydrogen) atoms. The molecule has 0 radical (unpaired) electrons. The van der Waals surface area contributed by atoms with Gasteiger partial charge in [-0.2, -0.15) is 0 Å². The number of aliphatic hydroxyl groups is 1. The minimum Gasteiger partial charge on any atom is -0.396 e. The molecule has 1 aliphatic heterocycles. The largest absolute Gasteiger partial charge is 0.396 e. The summed E-state index contributed by atoms with van der Waals surface area (Å²) >= 11 is 6.31. The Labute approximate surface area is 220 Å². The SMILES string of the molecule is C=C(/C=C\C=C/C)C(c1ccc(Cl)cc1/C=C/CCCO)C1CCN(S(C)(=O)=O)CC1.CC.CC. The molecule has 1 N–H and O–H groups in total. The van der Waals surface area contributed by atoms with Crippen LogP contribution >= 0.6 is 11.6 Å². The van der Waals surface area contributed by atoms with Crippen LogP contribution in [0.15, 0.2) is 60.7 Å². The van der Waals surface area contributed by atoms with Crippen LogP contribution in [0, 0.1) is 5.92 Å². The number of hydrogen-bond donors (Lipinski definition) is 1. The Morgan fingerprint density at radius 1 is 1.20 bits per heavy atom. The molecule has 1 atom stereocenters. The molecule has 1 heterocycles. The van der Waals surface area contributed by atoms with Crippen molar-refractivity contribution in [3.05, 3.63) is 76.9 Å². The zero-order valence-electron chi connectivity index (χ0n) is 22.5. The molecule has 0 amide bonds. The second-order valence-electron chi connectivity index (χ2n) is 7.98. The van der Waals surface area contributed by atoms with Gasteiger partial charge in [0.2, 0.25) is 10.0 Å². The molecule has 1 aromatic rings. The van der Waals surface area contributed by atoms with Crippen LogP contribution in [0.1, 0.15) is 77.3 Å². The maximum Gasteiger partial charge on any atom is 0.211 e. The van der Waals surface area contributed by atoms with Gasteiger partial charge in [0.05, 0.1) is 6.26 Å². The lowest BCUT2D eigenvalue weighted by molar-refractivity contribution is 0.257. The van der Waals surface area contributed by atoms with Crippen molar-refractivity contribution < 1.29 is 13.5 Å². The highest BCUT2D eigenvalue weighted by molar-refractivity contribution is 7.88. The van der Waals surface area contributed by atoms with E-state index >= 15 is 0 Å². The zero-order valence-corrected chi connectivity index (χ0v) is 24.1. The number of unbranched alkanes of at least 4 members (excludes halogenated alkanes) is 1. The first-order valence-electron chi connectivity index (χ1n) is 12.8. The number of rotatable bonds is 10. The van der Waals surface area contributed by atoms with Gasteiger partial charge in [0, 0.05) is 30.6 Å². The van der Waals surface area contributed by atoms with Crippen LogP contribution in [-0.4, -0.2) is 43.8 Å². The summed E-state index contributed by atoms with van der Waals surface area (Å²) in [5.41, 5.74) is 3.20. The Morgan fingerprint density at radius 2 is 1.83 bits per heavy atom. The van der Waals surface area contributed by atoms with Gasteiger partial charge in [0.15, 0.2) is 0 Å². The highest BCUT2D eigenvalue weighted by Crippen LogP contribution is 2.41. The monoisotopic (exact) mass is 523 g/mol. The molecule has 0 spiro atoms. The molecule has 1 unspecified atom stereocenters. The average Bonchev–Trinajstić information content (AvgIpc) is 2.86. The average molecular weight is 524 g/mol. The summed E-state index contributed by atoms with van der Waals surface area (Å²) in [4.78, 5) is 0. The molecule has 0 bridgehead atoms. The van der Waals surface area contributed by atoms with Crippen molar-refractivity contribution in [3.63, 3.8) is 0 Å². The summed E-state index contributed by atoms with van der Waals surface area (Å²) in [6.45, 7) is 15.6. The van der Waals surface area contributed by atoms with E-state index < -0.39 is 10.0 Å². The van der Waals surface area contributed by atoms with Crippen molar-refractivity contribution in [3.8, 4) is 0 Å². The van der Waals surface area contributed by atoms with Crippen molar-refractivity contribution in [1.82, 2.24) is 4.31 Å². The van der Waals surface area contributed by atoms with Crippen molar-refractivity contribution in [2.75, 3.05) is 26.0 Å². The van der Waals surface area contributed by atoms with E-state index in [1.54, 1.807) is 4.31 Å². The third-order valence-electron chi connectivity index (χ3n) is 5.66. The van der Waals surface area contributed by atoms with Crippen molar-refractivity contribution >= 4 is 27.7 Å². The van der Waals surface area contributed by atoms with E-state index in [0.717, 1.165) is 42.4 Å².